The van der Waals surface area contributed by atoms with Crippen LogP contribution in [0.1, 0.15) is 18.2 Å². The molecule has 1 heterocycles. The van der Waals surface area contributed by atoms with Crippen molar-refractivity contribution in [1.29, 1.82) is 0 Å². The number of amides is 3. The maximum Gasteiger partial charge on any atom is 0.326 e. The molecule has 32 heavy (non-hydrogen) atoms. The Hall–Kier alpha value is -3.93. The van der Waals surface area contributed by atoms with Crippen molar-refractivity contribution in [2.45, 2.75) is 37.9 Å². The topological polar surface area (TPSA) is 200 Å². The van der Waals surface area contributed by atoms with Crippen LogP contribution >= 0.6 is 0 Å². The summed E-state index contributed by atoms with van der Waals surface area (Å²) in [5.74, 6) is -3.11. The van der Waals surface area contributed by atoms with Crippen LogP contribution in [0.4, 0.5) is 0 Å². The number of hydrogen-bond donors (Lipinski definition) is 7. The fraction of sp³-hybridized carbons (Fsp3) is 0.350. The number of nitrogens with zero attached hydrogens (tertiary/aromatic N) is 1. The van der Waals surface area contributed by atoms with Gasteiger partial charge in [0.1, 0.15) is 17.8 Å². The summed E-state index contributed by atoms with van der Waals surface area (Å²) in [5, 5.41) is 25.9. The van der Waals surface area contributed by atoms with E-state index in [1.807, 2.05) is 0 Å². The quantitative estimate of drug-likeness (QED) is 0.214. The first-order valence-electron chi connectivity index (χ1n) is 9.76. The summed E-state index contributed by atoms with van der Waals surface area (Å²) in [7, 11) is 0. The molecule has 1 aromatic carbocycles. The molecule has 8 N–H and O–H groups in total. The van der Waals surface area contributed by atoms with Gasteiger partial charge in [-0.2, -0.15) is 0 Å². The van der Waals surface area contributed by atoms with Crippen LogP contribution in [0.5, 0.6) is 5.75 Å². The van der Waals surface area contributed by atoms with E-state index in [4.69, 9.17) is 5.73 Å². The second-order valence-electron chi connectivity index (χ2n) is 7.18. The number of carbonyl (C=O) groups excluding carboxylic acids is 3. The zero-order valence-electron chi connectivity index (χ0n) is 17.4. The molecule has 3 atom stereocenters. The summed E-state index contributed by atoms with van der Waals surface area (Å²) in [6.45, 7) is 0.968. The van der Waals surface area contributed by atoms with Crippen LogP contribution in [-0.2, 0) is 32.0 Å². The fourth-order valence-electron chi connectivity index (χ4n) is 2.73. The maximum atomic E-state index is 12.6. The minimum atomic E-state index is -1.24. The number of aromatic nitrogens is 2. The van der Waals surface area contributed by atoms with Gasteiger partial charge in [0.25, 0.3) is 0 Å². The van der Waals surface area contributed by atoms with Gasteiger partial charge in [-0.25, -0.2) is 9.78 Å². The van der Waals surface area contributed by atoms with Crippen LogP contribution in [0.15, 0.2) is 36.8 Å². The van der Waals surface area contributed by atoms with Crippen LogP contribution in [0.25, 0.3) is 0 Å². The molecule has 12 heteroatoms. The minimum Gasteiger partial charge on any atom is -0.508 e. The van der Waals surface area contributed by atoms with Gasteiger partial charge in [0.2, 0.25) is 17.7 Å². The number of phenolic OH excluding ortho intramolecular Hbond substituents is 1. The number of benzene rings is 1. The molecule has 0 saturated heterocycles. The van der Waals surface area contributed by atoms with E-state index in [1.54, 1.807) is 12.1 Å². The monoisotopic (exact) mass is 446 g/mol. The van der Waals surface area contributed by atoms with Gasteiger partial charge < -0.3 is 36.9 Å². The van der Waals surface area contributed by atoms with Crippen molar-refractivity contribution in [3.8, 4) is 5.75 Å². The molecular weight excluding hydrogens is 420 g/mol. The van der Waals surface area contributed by atoms with Gasteiger partial charge >= 0.3 is 5.97 Å². The van der Waals surface area contributed by atoms with Crippen molar-refractivity contribution >= 4 is 23.7 Å². The normalized spacial score (nSPS) is 13.4. The fourth-order valence-corrected chi connectivity index (χ4v) is 2.73. The Morgan fingerprint density at radius 2 is 1.75 bits per heavy atom. The lowest BCUT2D eigenvalue weighted by Gasteiger charge is -2.20. The highest BCUT2D eigenvalue weighted by Gasteiger charge is 2.25. The summed E-state index contributed by atoms with van der Waals surface area (Å²) in [6, 6.07) is 2.96. The number of nitrogens with two attached hydrogens (primary N) is 1. The highest BCUT2D eigenvalue weighted by molar-refractivity contribution is 5.92. The first kappa shape index (κ1) is 24.3. The number of nitrogens with one attached hydrogen (secondary N) is 4. The number of carboxylic acids is 1. The molecule has 0 bridgehead atoms. The molecule has 2 aromatic rings. The predicted molar refractivity (Wildman–Crippen MR) is 112 cm³/mol. The molecule has 0 spiro atoms. The number of H-pyrrole nitrogens is 1. The second kappa shape index (κ2) is 11.5. The highest BCUT2D eigenvalue weighted by atomic mass is 16.4. The molecule has 2 rings (SSSR count). The van der Waals surface area contributed by atoms with Crippen LogP contribution in [-0.4, -0.2) is 68.5 Å². The molecule has 1 aromatic heterocycles. The van der Waals surface area contributed by atoms with Crippen LogP contribution in [0.3, 0.4) is 0 Å². The first-order valence-corrected chi connectivity index (χ1v) is 9.76. The number of hydrogen-bond acceptors (Lipinski definition) is 7. The largest absolute Gasteiger partial charge is 0.508 e. The first-order chi connectivity index (χ1) is 15.2. The Kier molecular flexibility index (Phi) is 8.72. The summed E-state index contributed by atoms with van der Waals surface area (Å²) < 4.78 is 0. The molecule has 3 amide bonds. The van der Waals surface area contributed by atoms with Crippen molar-refractivity contribution in [2.75, 3.05) is 6.54 Å². The standard InChI is InChI=1S/C20H26N6O6/c1-11(21)18(29)26-15(6-12-2-4-14(27)5-3-12)19(30)23-9-17(28)25-16(20(31)32)7-13-8-22-10-24-13/h2-5,8,10-11,15-16,27H,6-7,9,21H2,1H3,(H,22,24)(H,23,30)(H,25,28)(H,26,29)(H,31,32). The van der Waals surface area contributed by atoms with Gasteiger partial charge in [0, 0.05) is 24.7 Å². The molecule has 12 nitrogen and oxygen atoms in total. The molecule has 0 aliphatic carbocycles. The summed E-state index contributed by atoms with van der Waals surface area (Å²) in [6.07, 6.45) is 2.91. The molecule has 0 saturated carbocycles. The van der Waals surface area contributed by atoms with Gasteiger partial charge in [0.05, 0.1) is 18.9 Å². The summed E-state index contributed by atoms with van der Waals surface area (Å²) >= 11 is 0. The van der Waals surface area contributed by atoms with Gasteiger partial charge in [0.15, 0.2) is 0 Å². The third kappa shape index (κ3) is 7.72. The van der Waals surface area contributed by atoms with Crippen molar-refractivity contribution in [2.24, 2.45) is 5.73 Å². The number of aliphatic carboxylic acids is 1. The Morgan fingerprint density at radius 1 is 1.06 bits per heavy atom. The molecule has 0 fully saturated rings. The van der Waals surface area contributed by atoms with Crippen molar-refractivity contribution < 1.29 is 29.4 Å². The van der Waals surface area contributed by atoms with Gasteiger partial charge in [-0.1, -0.05) is 12.1 Å². The molecule has 172 valence electrons. The molecule has 0 aliphatic rings. The molecule has 3 unspecified atom stereocenters. The molecule has 0 radical (unpaired) electrons. The van der Waals surface area contributed by atoms with Crippen molar-refractivity contribution in [3.05, 3.63) is 48.0 Å². The van der Waals surface area contributed by atoms with Crippen LogP contribution in [0, 0.1) is 0 Å². The SMILES string of the molecule is CC(N)C(=O)NC(Cc1ccc(O)cc1)C(=O)NCC(=O)NC(Cc1cnc[nH]1)C(=O)O. The van der Waals surface area contributed by atoms with E-state index in [9.17, 15) is 29.4 Å². The van der Waals surface area contributed by atoms with Gasteiger partial charge in [-0.3, -0.25) is 14.4 Å². The molecule has 0 aliphatic heterocycles. The number of carbonyl (C=O) groups is 4. The highest BCUT2D eigenvalue weighted by Crippen LogP contribution is 2.11. The van der Waals surface area contributed by atoms with Gasteiger partial charge in [-0.05, 0) is 24.6 Å². The van der Waals surface area contributed by atoms with Crippen LogP contribution < -0.4 is 21.7 Å². The van der Waals surface area contributed by atoms with E-state index in [0.29, 0.717) is 11.3 Å². The zero-order valence-corrected chi connectivity index (χ0v) is 17.4. The Balaban J connectivity index is 1.97. The smallest absolute Gasteiger partial charge is 0.326 e. The Labute approximate surface area is 183 Å². The summed E-state index contributed by atoms with van der Waals surface area (Å²) in [5.41, 5.74) is 6.73. The third-order valence-corrected chi connectivity index (χ3v) is 4.46. The van der Waals surface area contributed by atoms with E-state index in [2.05, 4.69) is 25.9 Å². The van der Waals surface area contributed by atoms with Crippen LogP contribution in [0.2, 0.25) is 0 Å². The minimum absolute atomic E-state index is 0.0110. The van der Waals surface area contributed by atoms with E-state index in [1.165, 1.54) is 31.6 Å². The lowest BCUT2D eigenvalue weighted by atomic mass is 10.0. The van der Waals surface area contributed by atoms with Crippen molar-refractivity contribution in [1.82, 2.24) is 25.9 Å². The number of aromatic hydroxyl groups is 1. The number of phenols is 1. The Bertz CT molecular complexity index is 929. The van der Waals surface area contributed by atoms with E-state index >= 15 is 0 Å². The second-order valence-corrected chi connectivity index (χ2v) is 7.18. The van der Waals surface area contributed by atoms with E-state index in [-0.39, 0.29) is 18.6 Å². The van der Waals surface area contributed by atoms with Gasteiger partial charge in [-0.15, -0.1) is 0 Å². The Morgan fingerprint density at radius 3 is 2.31 bits per heavy atom. The zero-order chi connectivity index (χ0) is 23.7. The number of imidazole rings is 1. The third-order valence-electron chi connectivity index (χ3n) is 4.46. The summed E-state index contributed by atoms with van der Waals surface area (Å²) in [4.78, 5) is 54.8. The number of aromatic amines is 1. The average molecular weight is 446 g/mol. The average Bonchev–Trinajstić information content (AvgIpc) is 3.25. The maximum absolute atomic E-state index is 12.6. The number of rotatable bonds is 11. The lowest BCUT2D eigenvalue weighted by molar-refractivity contribution is -0.141. The van der Waals surface area contributed by atoms with E-state index < -0.39 is 48.4 Å². The van der Waals surface area contributed by atoms with E-state index in [0.717, 1.165) is 0 Å². The van der Waals surface area contributed by atoms with Crippen molar-refractivity contribution in [3.63, 3.8) is 0 Å². The lowest BCUT2D eigenvalue weighted by Crippen LogP contribution is -2.54. The predicted octanol–water partition coefficient (Wildman–Crippen LogP) is -1.58. The number of carboxylic acid groups (broad SMARTS) is 1. The molecular formula is C20H26N6O6.